The number of ether oxygens (including phenoxy) is 2. The zero-order valence-corrected chi connectivity index (χ0v) is 16.4. The fourth-order valence-electron chi connectivity index (χ4n) is 3.52. The van der Waals surface area contributed by atoms with Crippen LogP contribution in [0.15, 0.2) is 48.5 Å². The molecule has 2 aromatic rings. The molecule has 1 heterocycles. The van der Waals surface area contributed by atoms with Gasteiger partial charge in [-0.1, -0.05) is 12.1 Å². The van der Waals surface area contributed by atoms with Crippen LogP contribution in [0.25, 0.3) is 0 Å². The molecular formula is C22H28N2O4. The molecule has 0 spiro atoms. The van der Waals surface area contributed by atoms with Crippen molar-refractivity contribution in [1.82, 2.24) is 10.2 Å². The zero-order chi connectivity index (χ0) is 19.9. The predicted octanol–water partition coefficient (Wildman–Crippen LogP) is 2.46. The van der Waals surface area contributed by atoms with E-state index in [2.05, 4.69) is 16.3 Å². The first kappa shape index (κ1) is 20.2. The lowest BCUT2D eigenvalue weighted by Gasteiger charge is -2.27. The number of methoxy groups -OCH3 is 2. The second-order valence-electron chi connectivity index (χ2n) is 7.10. The van der Waals surface area contributed by atoms with Gasteiger partial charge in [-0.2, -0.15) is 0 Å². The predicted molar refractivity (Wildman–Crippen MR) is 108 cm³/mol. The number of hydrogen-bond acceptors (Lipinski definition) is 5. The Kier molecular flexibility index (Phi) is 6.90. The summed E-state index contributed by atoms with van der Waals surface area (Å²) in [5.74, 6) is 1.35. The molecule has 0 unspecified atom stereocenters. The molecule has 0 aliphatic carbocycles. The lowest BCUT2D eigenvalue weighted by atomic mass is 10.1. The molecule has 2 N–H and O–H groups in total. The Morgan fingerprint density at radius 3 is 2.61 bits per heavy atom. The van der Waals surface area contributed by atoms with Crippen LogP contribution in [0.5, 0.6) is 11.5 Å². The molecule has 3 rings (SSSR count). The smallest absolute Gasteiger partial charge is 0.251 e. The number of nitrogens with one attached hydrogen (secondary N) is 1. The number of aliphatic hydroxyl groups is 1. The van der Waals surface area contributed by atoms with Crippen LogP contribution in [0, 0.1) is 0 Å². The van der Waals surface area contributed by atoms with Crippen LogP contribution in [0.4, 0.5) is 0 Å². The van der Waals surface area contributed by atoms with Crippen molar-refractivity contribution < 1.29 is 19.4 Å². The number of benzene rings is 2. The van der Waals surface area contributed by atoms with Crippen molar-refractivity contribution in [1.29, 1.82) is 0 Å². The summed E-state index contributed by atoms with van der Waals surface area (Å²) in [4.78, 5) is 14.9. The van der Waals surface area contributed by atoms with E-state index in [0.717, 1.165) is 30.8 Å². The van der Waals surface area contributed by atoms with Crippen LogP contribution in [-0.4, -0.2) is 55.4 Å². The monoisotopic (exact) mass is 384 g/mol. The third kappa shape index (κ3) is 5.24. The van der Waals surface area contributed by atoms with E-state index in [-0.39, 0.29) is 11.9 Å². The molecule has 1 aliphatic rings. The first-order chi connectivity index (χ1) is 13.6. The Morgan fingerprint density at radius 1 is 1.14 bits per heavy atom. The molecule has 28 heavy (non-hydrogen) atoms. The summed E-state index contributed by atoms with van der Waals surface area (Å²) >= 11 is 0. The Labute approximate surface area is 166 Å². The minimum absolute atomic E-state index is 0.185. The number of likely N-dealkylation sites (tertiary alicyclic amines) is 1. The van der Waals surface area contributed by atoms with Crippen molar-refractivity contribution in [2.24, 2.45) is 0 Å². The molecule has 0 radical (unpaired) electrons. The van der Waals surface area contributed by atoms with E-state index in [1.54, 1.807) is 38.5 Å². The third-order valence-electron chi connectivity index (χ3n) is 5.10. The maximum Gasteiger partial charge on any atom is 0.251 e. The number of carbonyl (C=O) groups is 1. The lowest BCUT2D eigenvalue weighted by molar-refractivity contribution is 0.0798. The van der Waals surface area contributed by atoms with Gasteiger partial charge in [-0.15, -0.1) is 0 Å². The summed E-state index contributed by atoms with van der Waals surface area (Å²) < 4.78 is 10.4. The van der Waals surface area contributed by atoms with Gasteiger partial charge in [0.05, 0.1) is 26.4 Å². The standard InChI is InChI=1S/C22H28N2O4/c1-27-18-10-8-17(9-11-18)22(26)23-20-15-24(12-4-7-21(20)25)14-16-5-3-6-19(13-16)28-2/h3,5-6,8-11,13,20-21,25H,4,7,12,14-15H2,1-2H3,(H,23,26)/t20-,21+/m0/s1. The van der Waals surface area contributed by atoms with E-state index in [1.165, 1.54) is 0 Å². The normalized spacial score (nSPS) is 20.2. The Bertz CT molecular complexity index is 778. The van der Waals surface area contributed by atoms with Crippen LogP contribution in [0.3, 0.4) is 0 Å². The molecule has 1 fully saturated rings. The molecule has 6 heteroatoms. The molecule has 1 saturated heterocycles. The highest BCUT2D eigenvalue weighted by Crippen LogP contribution is 2.18. The number of nitrogens with zero attached hydrogens (tertiary/aromatic N) is 1. The van der Waals surface area contributed by atoms with Crippen molar-refractivity contribution in [2.45, 2.75) is 31.5 Å². The summed E-state index contributed by atoms with van der Waals surface area (Å²) in [6, 6.07) is 14.6. The SMILES string of the molecule is COc1ccc(C(=O)N[C@H]2CN(Cc3cccc(OC)c3)CCC[C@H]2O)cc1. The van der Waals surface area contributed by atoms with Crippen LogP contribution in [-0.2, 0) is 6.54 Å². The molecule has 0 saturated carbocycles. The van der Waals surface area contributed by atoms with Crippen LogP contribution in [0.1, 0.15) is 28.8 Å². The van der Waals surface area contributed by atoms with Crippen molar-refractivity contribution in [3.8, 4) is 11.5 Å². The van der Waals surface area contributed by atoms with Gasteiger partial charge in [-0.25, -0.2) is 0 Å². The highest BCUT2D eigenvalue weighted by molar-refractivity contribution is 5.94. The van der Waals surface area contributed by atoms with E-state index in [9.17, 15) is 9.90 Å². The van der Waals surface area contributed by atoms with Crippen molar-refractivity contribution in [2.75, 3.05) is 27.3 Å². The van der Waals surface area contributed by atoms with Gasteiger partial charge in [-0.3, -0.25) is 9.69 Å². The third-order valence-corrected chi connectivity index (χ3v) is 5.10. The summed E-state index contributed by atoms with van der Waals surface area (Å²) in [6.45, 7) is 2.22. The van der Waals surface area contributed by atoms with Crippen LogP contribution < -0.4 is 14.8 Å². The summed E-state index contributed by atoms with van der Waals surface area (Å²) in [7, 11) is 3.25. The lowest BCUT2D eigenvalue weighted by Crippen LogP contribution is -2.48. The van der Waals surface area contributed by atoms with Crippen molar-refractivity contribution >= 4 is 5.91 Å². The Balaban J connectivity index is 1.65. The number of amides is 1. The van der Waals surface area contributed by atoms with Gasteiger partial charge in [0, 0.05) is 18.7 Å². The largest absolute Gasteiger partial charge is 0.497 e. The fourth-order valence-corrected chi connectivity index (χ4v) is 3.52. The van der Waals surface area contributed by atoms with E-state index in [0.29, 0.717) is 24.3 Å². The summed E-state index contributed by atoms with van der Waals surface area (Å²) in [5.41, 5.74) is 1.70. The molecule has 0 bridgehead atoms. The van der Waals surface area contributed by atoms with Crippen LogP contribution >= 0.6 is 0 Å². The van der Waals surface area contributed by atoms with Crippen molar-refractivity contribution in [3.05, 3.63) is 59.7 Å². The van der Waals surface area contributed by atoms with E-state index in [1.807, 2.05) is 18.2 Å². The highest BCUT2D eigenvalue weighted by Gasteiger charge is 2.27. The second kappa shape index (κ2) is 9.57. The fraction of sp³-hybridized carbons (Fsp3) is 0.409. The maximum absolute atomic E-state index is 12.6. The number of carbonyl (C=O) groups excluding carboxylic acids is 1. The minimum atomic E-state index is -0.558. The van der Waals surface area contributed by atoms with E-state index >= 15 is 0 Å². The second-order valence-corrected chi connectivity index (χ2v) is 7.10. The molecule has 1 amide bonds. The van der Waals surface area contributed by atoms with Gasteiger partial charge in [0.15, 0.2) is 0 Å². The van der Waals surface area contributed by atoms with Crippen LogP contribution in [0.2, 0.25) is 0 Å². The zero-order valence-electron chi connectivity index (χ0n) is 16.4. The average molecular weight is 384 g/mol. The molecule has 6 nitrogen and oxygen atoms in total. The highest BCUT2D eigenvalue weighted by atomic mass is 16.5. The molecule has 1 aliphatic heterocycles. The van der Waals surface area contributed by atoms with Gasteiger partial charge in [0.25, 0.3) is 5.91 Å². The summed E-state index contributed by atoms with van der Waals surface area (Å²) in [5, 5.41) is 13.5. The molecule has 150 valence electrons. The molecule has 2 aromatic carbocycles. The average Bonchev–Trinajstić information content (AvgIpc) is 2.89. The minimum Gasteiger partial charge on any atom is -0.497 e. The topological polar surface area (TPSA) is 71.0 Å². The van der Waals surface area contributed by atoms with Gasteiger partial charge in [0.2, 0.25) is 0 Å². The Morgan fingerprint density at radius 2 is 1.89 bits per heavy atom. The maximum atomic E-state index is 12.6. The first-order valence-corrected chi connectivity index (χ1v) is 9.57. The quantitative estimate of drug-likeness (QED) is 0.801. The summed E-state index contributed by atoms with van der Waals surface area (Å²) in [6.07, 6.45) is 1.000. The molecule has 2 atom stereocenters. The number of hydrogen-bond donors (Lipinski definition) is 2. The van der Waals surface area contributed by atoms with E-state index < -0.39 is 6.10 Å². The molecule has 0 aromatic heterocycles. The Hall–Kier alpha value is -2.57. The first-order valence-electron chi connectivity index (χ1n) is 9.57. The van der Waals surface area contributed by atoms with Gasteiger partial charge in [-0.05, 0) is 61.3 Å². The van der Waals surface area contributed by atoms with Gasteiger partial charge < -0.3 is 19.9 Å². The van der Waals surface area contributed by atoms with Gasteiger partial charge in [0.1, 0.15) is 11.5 Å². The van der Waals surface area contributed by atoms with E-state index in [4.69, 9.17) is 9.47 Å². The number of aliphatic hydroxyl groups excluding tert-OH is 1. The number of rotatable bonds is 6. The van der Waals surface area contributed by atoms with Crippen molar-refractivity contribution in [3.63, 3.8) is 0 Å². The van der Waals surface area contributed by atoms with Gasteiger partial charge >= 0.3 is 0 Å². The molecular weight excluding hydrogens is 356 g/mol.